The van der Waals surface area contributed by atoms with Crippen LogP contribution in [0.3, 0.4) is 0 Å². The van der Waals surface area contributed by atoms with Gasteiger partial charge >= 0.3 is 11.9 Å². The Hall–Kier alpha value is -3.22. The molecule has 7 heteroatoms. The van der Waals surface area contributed by atoms with Crippen molar-refractivity contribution in [2.45, 2.75) is 19.3 Å². The Morgan fingerprint density at radius 2 is 1.80 bits per heavy atom. The van der Waals surface area contributed by atoms with Crippen LogP contribution in [0.4, 0.5) is 0 Å². The zero-order valence-corrected chi connectivity index (χ0v) is 13.5. The Balaban J connectivity index is 2.17. The normalized spacial score (nSPS) is 11.1. The quantitative estimate of drug-likeness (QED) is 0.412. The number of rotatable bonds is 9. The summed E-state index contributed by atoms with van der Waals surface area (Å²) in [6.07, 6.45) is 4.39. The zero-order chi connectivity index (χ0) is 18.1. The summed E-state index contributed by atoms with van der Waals surface area (Å²) >= 11 is 0. The van der Waals surface area contributed by atoms with Gasteiger partial charge < -0.3 is 15.1 Å². The van der Waals surface area contributed by atoms with E-state index in [0.29, 0.717) is 29.7 Å². The van der Waals surface area contributed by atoms with E-state index < -0.39 is 11.9 Å². The van der Waals surface area contributed by atoms with Crippen LogP contribution in [0.25, 0.3) is 0 Å². The summed E-state index contributed by atoms with van der Waals surface area (Å²) < 4.78 is 0. The molecule has 0 atom stereocenters. The summed E-state index contributed by atoms with van der Waals surface area (Å²) in [5.41, 5.74) is 1.90. The van der Waals surface area contributed by atoms with Gasteiger partial charge in [0, 0.05) is 29.9 Å². The number of hydrogen-bond donors (Lipinski definition) is 2. The number of hydrogen-bond acceptors (Lipinski definition) is 5. The van der Waals surface area contributed by atoms with E-state index in [0.717, 1.165) is 0 Å². The molecule has 0 radical (unpaired) electrons. The molecule has 2 aromatic rings. The van der Waals surface area contributed by atoms with Gasteiger partial charge in [0.2, 0.25) is 0 Å². The van der Waals surface area contributed by atoms with E-state index in [1.807, 2.05) is 0 Å². The van der Waals surface area contributed by atoms with Crippen LogP contribution in [0.15, 0.2) is 53.9 Å². The molecule has 0 saturated heterocycles. The third-order valence-corrected chi connectivity index (χ3v) is 3.35. The molecule has 0 bridgehead atoms. The fraction of sp³-hybridized carbons (Fsp3) is 0.222. The van der Waals surface area contributed by atoms with Gasteiger partial charge in [-0.3, -0.25) is 9.78 Å². The third kappa shape index (κ3) is 5.72. The molecule has 0 unspecified atom stereocenters. The smallest absolute Gasteiger partial charge is 0.335 e. The molecular formula is C18H18N2O5. The molecule has 0 amide bonds. The molecule has 2 N–H and O–H groups in total. The van der Waals surface area contributed by atoms with Crippen molar-refractivity contribution in [2.75, 3.05) is 6.61 Å². The standard InChI is InChI=1S/C18H18N2O5/c21-16(22)8-1-2-10-25-20-17(15-7-4-9-19-12-15)13-5-3-6-14(11-13)18(23)24/h3-7,9,11-12H,1-2,8,10H2,(H,21,22)(H,23,24). The second kappa shape index (κ2) is 9.17. The van der Waals surface area contributed by atoms with E-state index in [1.54, 1.807) is 36.7 Å². The average molecular weight is 342 g/mol. The van der Waals surface area contributed by atoms with Crippen molar-refractivity contribution in [2.24, 2.45) is 5.16 Å². The van der Waals surface area contributed by atoms with Crippen LogP contribution in [0.2, 0.25) is 0 Å². The first-order valence-corrected chi connectivity index (χ1v) is 7.74. The number of carboxylic acids is 2. The summed E-state index contributed by atoms with van der Waals surface area (Å²) in [7, 11) is 0. The fourth-order valence-electron chi connectivity index (χ4n) is 2.13. The molecule has 1 aromatic carbocycles. The topological polar surface area (TPSA) is 109 Å². The number of benzene rings is 1. The van der Waals surface area contributed by atoms with Crippen molar-refractivity contribution in [3.05, 3.63) is 65.5 Å². The highest BCUT2D eigenvalue weighted by Gasteiger charge is 2.11. The van der Waals surface area contributed by atoms with E-state index in [1.165, 1.54) is 12.1 Å². The molecule has 2 rings (SSSR count). The maximum atomic E-state index is 11.2. The Kier molecular flexibility index (Phi) is 6.65. The highest BCUT2D eigenvalue weighted by molar-refractivity contribution is 6.13. The molecular weight excluding hydrogens is 324 g/mol. The van der Waals surface area contributed by atoms with Gasteiger partial charge in [-0.1, -0.05) is 17.3 Å². The largest absolute Gasteiger partial charge is 0.481 e. The number of carbonyl (C=O) groups is 2. The Labute approximate surface area is 144 Å². The molecule has 0 aliphatic carbocycles. The van der Waals surface area contributed by atoms with Crippen molar-refractivity contribution in [1.29, 1.82) is 0 Å². The highest BCUT2D eigenvalue weighted by atomic mass is 16.6. The summed E-state index contributed by atoms with van der Waals surface area (Å²) in [5, 5.41) is 21.9. The lowest BCUT2D eigenvalue weighted by molar-refractivity contribution is -0.137. The van der Waals surface area contributed by atoms with Crippen LogP contribution in [0, 0.1) is 0 Å². The lowest BCUT2D eigenvalue weighted by Gasteiger charge is -2.08. The lowest BCUT2D eigenvalue weighted by Crippen LogP contribution is -2.07. The number of oxime groups is 1. The molecule has 0 aliphatic heterocycles. The number of carboxylic acid groups (broad SMARTS) is 2. The molecule has 7 nitrogen and oxygen atoms in total. The van der Waals surface area contributed by atoms with E-state index in [9.17, 15) is 9.59 Å². The molecule has 130 valence electrons. The van der Waals surface area contributed by atoms with Crippen molar-refractivity contribution < 1.29 is 24.6 Å². The van der Waals surface area contributed by atoms with Gasteiger partial charge in [-0.05, 0) is 37.1 Å². The monoisotopic (exact) mass is 342 g/mol. The number of aliphatic carboxylic acids is 1. The number of aromatic carboxylic acids is 1. The van der Waals surface area contributed by atoms with Crippen LogP contribution in [0.1, 0.15) is 40.7 Å². The minimum atomic E-state index is -1.03. The van der Waals surface area contributed by atoms with Crippen molar-refractivity contribution in [3.63, 3.8) is 0 Å². The molecule has 0 aliphatic rings. The maximum Gasteiger partial charge on any atom is 0.335 e. The second-order valence-electron chi connectivity index (χ2n) is 5.25. The Morgan fingerprint density at radius 1 is 1.04 bits per heavy atom. The van der Waals surface area contributed by atoms with Crippen molar-refractivity contribution in [3.8, 4) is 0 Å². The number of unbranched alkanes of at least 4 members (excludes halogenated alkanes) is 1. The second-order valence-corrected chi connectivity index (χ2v) is 5.25. The van der Waals surface area contributed by atoms with Gasteiger partial charge in [-0.2, -0.15) is 0 Å². The van der Waals surface area contributed by atoms with E-state index >= 15 is 0 Å². The first-order valence-electron chi connectivity index (χ1n) is 7.74. The third-order valence-electron chi connectivity index (χ3n) is 3.35. The molecule has 25 heavy (non-hydrogen) atoms. The first kappa shape index (κ1) is 18.1. The van der Waals surface area contributed by atoms with Crippen LogP contribution >= 0.6 is 0 Å². The molecule has 0 spiro atoms. The van der Waals surface area contributed by atoms with E-state index in [2.05, 4.69) is 10.1 Å². The van der Waals surface area contributed by atoms with Crippen LogP contribution < -0.4 is 0 Å². The molecule has 0 saturated carbocycles. The van der Waals surface area contributed by atoms with Crippen molar-refractivity contribution in [1.82, 2.24) is 4.98 Å². The van der Waals surface area contributed by atoms with Gasteiger partial charge in [0.15, 0.2) is 0 Å². The van der Waals surface area contributed by atoms with Gasteiger partial charge in [-0.25, -0.2) is 4.79 Å². The Morgan fingerprint density at radius 3 is 2.48 bits per heavy atom. The predicted molar refractivity (Wildman–Crippen MR) is 90.7 cm³/mol. The predicted octanol–water partition coefficient (Wildman–Crippen LogP) is 2.80. The minimum absolute atomic E-state index is 0.0865. The molecule has 1 heterocycles. The maximum absolute atomic E-state index is 11.2. The summed E-state index contributed by atoms with van der Waals surface area (Å²) in [6, 6.07) is 9.94. The first-order chi connectivity index (χ1) is 12.1. The SMILES string of the molecule is O=C(O)CCCCON=C(c1cccnc1)c1cccc(C(=O)O)c1. The molecule has 0 fully saturated rings. The van der Waals surface area contributed by atoms with Crippen LogP contribution in [-0.2, 0) is 9.63 Å². The lowest BCUT2D eigenvalue weighted by atomic mass is 10.0. The minimum Gasteiger partial charge on any atom is -0.481 e. The van der Waals surface area contributed by atoms with Crippen LogP contribution in [-0.4, -0.2) is 39.5 Å². The Bertz CT molecular complexity index is 759. The summed E-state index contributed by atoms with van der Waals surface area (Å²) in [6.45, 7) is 0.273. The zero-order valence-electron chi connectivity index (χ0n) is 13.5. The summed E-state index contributed by atoms with van der Waals surface area (Å²) in [4.78, 5) is 31.0. The van der Waals surface area contributed by atoms with E-state index in [-0.39, 0.29) is 18.6 Å². The average Bonchev–Trinajstić information content (AvgIpc) is 2.61. The molecule has 1 aromatic heterocycles. The van der Waals surface area contributed by atoms with Gasteiger partial charge in [0.1, 0.15) is 12.3 Å². The van der Waals surface area contributed by atoms with Gasteiger partial charge in [0.05, 0.1) is 5.56 Å². The number of nitrogens with zero attached hydrogens (tertiary/aromatic N) is 2. The highest BCUT2D eigenvalue weighted by Crippen LogP contribution is 2.13. The number of pyridine rings is 1. The van der Waals surface area contributed by atoms with Gasteiger partial charge in [-0.15, -0.1) is 0 Å². The number of aromatic nitrogens is 1. The van der Waals surface area contributed by atoms with Crippen LogP contribution in [0.5, 0.6) is 0 Å². The fourth-order valence-corrected chi connectivity index (χ4v) is 2.13. The van der Waals surface area contributed by atoms with Crippen molar-refractivity contribution >= 4 is 17.7 Å². The van der Waals surface area contributed by atoms with E-state index in [4.69, 9.17) is 15.1 Å². The van der Waals surface area contributed by atoms with Gasteiger partial charge in [0.25, 0.3) is 0 Å². The summed E-state index contributed by atoms with van der Waals surface area (Å²) in [5.74, 6) is -1.87.